The summed E-state index contributed by atoms with van der Waals surface area (Å²) in [5.74, 6) is -0.0128. The van der Waals surface area contributed by atoms with E-state index >= 15 is 0 Å². The Morgan fingerprint density at radius 3 is 2.27 bits per heavy atom. The highest BCUT2D eigenvalue weighted by molar-refractivity contribution is 7.07. The SMILES string of the molecule is CCOC(=O)C1=C(C)N=c2s/c(=C/c3ccc(OC(=O)c4ccc(Cl)cc4)cc3)c(=O)n2[C@@H]1c1ccc(OC)cc1. The first kappa shape index (κ1) is 28.1. The van der Waals surface area contributed by atoms with E-state index in [1.54, 1.807) is 87.7 Å². The lowest BCUT2D eigenvalue weighted by molar-refractivity contribution is -0.139. The van der Waals surface area contributed by atoms with Crippen LogP contribution in [0.2, 0.25) is 5.02 Å². The largest absolute Gasteiger partial charge is 0.497 e. The van der Waals surface area contributed by atoms with Crippen LogP contribution in [0.15, 0.2) is 93.9 Å². The Kier molecular flexibility index (Phi) is 8.19. The van der Waals surface area contributed by atoms with E-state index in [9.17, 15) is 14.4 Å². The van der Waals surface area contributed by atoms with Crippen LogP contribution in [-0.4, -0.2) is 30.2 Å². The van der Waals surface area contributed by atoms with Crippen molar-refractivity contribution >= 4 is 41.0 Å². The molecule has 208 valence electrons. The first-order valence-corrected chi connectivity index (χ1v) is 13.9. The molecule has 0 fully saturated rings. The van der Waals surface area contributed by atoms with Crippen LogP contribution in [0, 0.1) is 0 Å². The van der Waals surface area contributed by atoms with Gasteiger partial charge in [-0.15, -0.1) is 0 Å². The molecule has 3 aromatic carbocycles. The normalized spacial score (nSPS) is 14.7. The molecule has 0 radical (unpaired) electrons. The second-order valence-corrected chi connectivity index (χ2v) is 10.5. The van der Waals surface area contributed by atoms with Gasteiger partial charge >= 0.3 is 11.9 Å². The standard InChI is InChI=1S/C31H25ClN2O6S/c1-4-39-30(37)26-18(2)33-31-34(27(26)20-9-15-23(38-3)16-10-20)28(35)25(41-31)17-19-5-13-24(14-6-19)40-29(36)21-7-11-22(32)12-8-21/h5-17,27H,4H2,1-3H3/b25-17+/t27-/m1/s1. The predicted octanol–water partition coefficient (Wildman–Crippen LogP) is 4.68. The number of nitrogens with zero attached hydrogens (tertiary/aromatic N) is 2. The third-order valence-corrected chi connectivity index (χ3v) is 7.65. The maximum atomic E-state index is 13.8. The van der Waals surface area contributed by atoms with E-state index < -0.39 is 18.0 Å². The summed E-state index contributed by atoms with van der Waals surface area (Å²) >= 11 is 7.11. The number of benzene rings is 3. The van der Waals surface area contributed by atoms with Crippen molar-refractivity contribution in [1.29, 1.82) is 0 Å². The zero-order valence-corrected chi connectivity index (χ0v) is 24.0. The van der Waals surface area contributed by atoms with Gasteiger partial charge in [0.15, 0.2) is 4.80 Å². The Balaban J connectivity index is 1.50. The van der Waals surface area contributed by atoms with E-state index in [1.165, 1.54) is 15.9 Å². The molecule has 10 heteroatoms. The van der Waals surface area contributed by atoms with Crippen LogP contribution in [0.4, 0.5) is 0 Å². The van der Waals surface area contributed by atoms with E-state index in [2.05, 4.69) is 4.99 Å². The summed E-state index contributed by atoms with van der Waals surface area (Å²) in [6.07, 6.45) is 1.74. The van der Waals surface area contributed by atoms with Crippen LogP contribution in [0.5, 0.6) is 11.5 Å². The van der Waals surface area contributed by atoms with E-state index in [0.717, 1.165) is 11.1 Å². The number of ether oxygens (including phenoxy) is 3. The Labute approximate surface area is 244 Å². The topological polar surface area (TPSA) is 96.2 Å². The Bertz CT molecular complexity index is 1820. The molecule has 0 amide bonds. The number of methoxy groups -OCH3 is 1. The van der Waals surface area contributed by atoms with Gasteiger partial charge < -0.3 is 14.2 Å². The van der Waals surface area contributed by atoms with Gasteiger partial charge in [0.05, 0.1) is 41.1 Å². The van der Waals surface area contributed by atoms with E-state index in [-0.39, 0.29) is 12.2 Å². The van der Waals surface area contributed by atoms with E-state index in [0.29, 0.717) is 42.7 Å². The molecule has 0 spiro atoms. The summed E-state index contributed by atoms with van der Waals surface area (Å²) in [6.45, 7) is 3.67. The number of thiazole rings is 1. The van der Waals surface area contributed by atoms with Crippen LogP contribution < -0.4 is 24.4 Å². The number of esters is 2. The van der Waals surface area contributed by atoms with E-state index in [4.69, 9.17) is 25.8 Å². The highest BCUT2D eigenvalue weighted by Crippen LogP contribution is 2.31. The molecular formula is C31H25ClN2O6S. The van der Waals surface area contributed by atoms with Crippen molar-refractivity contribution in [1.82, 2.24) is 4.57 Å². The van der Waals surface area contributed by atoms with Gasteiger partial charge in [0.25, 0.3) is 5.56 Å². The Morgan fingerprint density at radius 2 is 1.63 bits per heavy atom. The molecule has 1 aliphatic heterocycles. The third-order valence-electron chi connectivity index (χ3n) is 6.42. The number of carbonyl (C=O) groups excluding carboxylic acids is 2. The first-order valence-electron chi connectivity index (χ1n) is 12.7. The van der Waals surface area contributed by atoms with Crippen molar-refractivity contribution < 1.29 is 23.8 Å². The smallest absolute Gasteiger partial charge is 0.343 e. The number of hydrogen-bond acceptors (Lipinski definition) is 8. The quantitative estimate of drug-likeness (QED) is 0.230. The molecule has 0 unspecified atom stereocenters. The molecule has 41 heavy (non-hydrogen) atoms. The Hall–Kier alpha value is -4.47. The van der Waals surface area contributed by atoms with Crippen LogP contribution >= 0.6 is 22.9 Å². The molecule has 4 aromatic rings. The van der Waals surface area contributed by atoms with Crippen LogP contribution in [0.1, 0.15) is 41.4 Å². The zero-order valence-electron chi connectivity index (χ0n) is 22.4. The lowest BCUT2D eigenvalue weighted by atomic mass is 9.96. The molecule has 1 aromatic heterocycles. The first-order chi connectivity index (χ1) is 19.8. The highest BCUT2D eigenvalue weighted by Gasteiger charge is 2.33. The minimum Gasteiger partial charge on any atom is -0.497 e. The number of hydrogen-bond donors (Lipinski definition) is 0. The zero-order chi connectivity index (χ0) is 29.1. The summed E-state index contributed by atoms with van der Waals surface area (Å²) in [5.41, 5.74) is 2.34. The van der Waals surface area contributed by atoms with Crippen LogP contribution in [0.25, 0.3) is 6.08 Å². The van der Waals surface area contributed by atoms with Gasteiger partial charge in [0.1, 0.15) is 11.5 Å². The van der Waals surface area contributed by atoms with Gasteiger partial charge in [0, 0.05) is 5.02 Å². The molecular weight excluding hydrogens is 564 g/mol. The molecule has 0 bridgehead atoms. The number of aromatic nitrogens is 1. The molecule has 0 aliphatic carbocycles. The molecule has 1 aliphatic rings. The number of allylic oxidation sites excluding steroid dienone is 1. The molecule has 0 N–H and O–H groups in total. The van der Waals surface area contributed by atoms with Gasteiger partial charge in [-0.3, -0.25) is 9.36 Å². The van der Waals surface area contributed by atoms with Crippen molar-refractivity contribution in [2.45, 2.75) is 19.9 Å². The highest BCUT2D eigenvalue weighted by atomic mass is 35.5. The predicted molar refractivity (Wildman–Crippen MR) is 156 cm³/mol. The summed E-state index contributed by atoms with van der Waals surface area (Å²) in [5, 5.41) is 0.527. The minimum absolute atomic E-state index is 0.195. The summed E-state index contributed by atoms with van der Waals surface area (Å²) in [4.78, 5) is 44.3. The third kappa shape index (κ3) is 5.86. The maximum Gasteiger partial charge on any atom is 0.343 e. The average molecular weight is 589 g/mol. The van der Waals surface area contributed by atoms with Crippen molar-refractivity contribution in [2.24, 2.45) is 4.99 Å². The maximum absolute atomic E-state index is 13.8. The average Bonchev–Trinajstić information content (AvgIpc) is 3.27. The number of carbonyl (C=O) groups is 2. The van der Waals surface area contributed by atoms with Gasteiger partial charge in [0.2, 0.25) is 0 Å². The van der Waals surface area contributed by atoms with Crippen LogP contribution in [-0.2, 0) is 9.53 Å². The van der Waals surface area contributed by atoms with Crippen molar-refractivity contribution in [3.63, 3.8) is 0 Å². The fourth-order valence-electron chi connectivity index (χ4n) is 4.43. The minimum atomic E-state index is -0.715. The molecule has 2 heterocycles. The molecule has 1 atom stereocenters. The monoisotopic (exact) mass is 588 g/mol. The van der Waals surface area contributed by atoms with Gasteiger partial charge in [-0.25, -0.2) is 14.6 Å². The fraction of sp³-hybridized carbons (Fsp3) is 0.161. The van der Waals surface area contributed by atoms with E-state index in [1.807, 2.05) is 12.1 Å². The summed E-state index contributed by atoms with van der Waals surface area (Å²) in [6, 6.07) is 19.7. The summed E-state index contributed by atoms with van der Waals surface area (Å²) in [7, 11) is 1.57. The fourth-order valence-corrected chi connectivity index (χ4v) is 5.60. The van der Waals surface area contributed by atoms with Crippen molar-refractivity contribution in [3.05, 3.63) is 125 Å². The molecule has 0 saturated heterocycles. The Morgan fingerprint density at radius 1 is 0.976 bits per heavy atom. The summed E-state index contributed by atoms with van der Waals surface area (Å²) < 4.78 is 18.0. The lowest BCUT2D eigenvalue weighted by Crippen LogP contribution is -2.39. The van der Waals surface area contributed by atoms with Crippen LogP contribution in [0.3, 0.4) is 0 Å². The number of halogens is 1. The van der Waals surface area contributed by atoms with Crippen molar-refractivity contribution in [3.8, 4) is 11.5 Å². The van der Waals surface area contributed by atoms with Gasteiger partial charge in [-0.2, -0.15) is 0 Å². The van der Waals surface area contributed by atoms with Gasteiger partial charge in [-0.05, 0) is 79.6 Å². The molecule has 8 nitrogen and oxygen atoms in total. The molecule has 5 rings (SSSR count). The molecule has 0 saturated carbocycles. The second-order valence-electron chi connectivity index (χ2n) is 9.04. The lowest BCUT2D eigenvalue weighted by Gasteiger charge is -2.24. The number of fused-ring (bicyclic) bond motifs is 1. The van der Waals surface area contributed by atoms with Crippen molar-refractivity contribution in [2.75, 3.05) is 13.7 Å². The second kappa shape index (κ2) is 12.0. The van der Waals surface area contributed by atoms with Gasteiger partial charge in [-0.1, -0.05) is 47.2 Å². The number of rotatable bonds is 7.